The molecule has 4 nitrogen and oxygen atoms in total. The summed E-state index contributed by atoms with van der Waals surface area (Å²) in [4.78, 5) is 26.6. The zero-order valence-corrected chi connectivity index (χ0v) is 14.2. The van der Waals surface area contributed by atoms with Gasteiger partial charge < -0.3 is 10.2 Å². The van der Waals surface area contributed by atoms with Crippen LogP contribution in [0, 0.1) is 0 Å². The fraction of sp³-hybridized carbons (Fsp3) is 0.529. The molecule has 2 fully saturated rings. The molecule has 1 heterocycles. The number of amides is 2. The predicted octanol–water partition coefficient (Wildman–Crippen LogP) is 2.61. The average Bonchev–Trinajstić information content (AvgIpc) is 3.00. The van der Waals surface area contributed by atoms with Crippen LogP contribution >= 0.6 is 15.9 Å². The molecule has 1 N–H and O–H groups in total. The first kappa shape index (κ1) is 15.5. The van der Waals surface area contributed by atoms with E-state index < -0.39 is 5.41 Å². The van der Waals surface area contributed by atoms with Gasteiger partial charge in [-0.3, -0.25) is 9.59 Å². The Labute approximate surface area is 139 Å². The summed E-state index contributed by atoms with van der Waals surface area (Å²) in [5, 5.41) is 2.87. The molecular weight excluding hydrogens is 344 g/mol. The average molecular weight is 365 g/mol. The fourth-order valence-corrected chi connectivity index (χ4v) is 3.61. The molecule has 0 spiro atoms. The quantitative estimate of drug-likeness (QED) is 0.892. The molecule has 1 aliphatic heterocycles. The number of carbonyl (C=O) groups is 2. The second-order valence-electron chi connectivity index (χ2n) is 6.21. The van der Waals surface area contributed by atoms with E-state index in [1.54, 1.807) is 0 Å². The number of hydrogen-bond donors (Lipinski definition) is 1. The minimum atomic E-state index is -0.439. The Balaban J connectivity index is 1.64. The first-order chi connectivity index (χ1) is 10.6. The number of likely N-dealkylation sites (tertiary alicyclic amines) is 1. The summed E-state index contributed by atoms with van der Waals surface area (Å²) in [5.41, 5.74) is 0.611. The largest absolute Gasteiger partial charge is 0.346 e. The number of hydrogen-bond acceptors (Lipinski definition) is 2. The van der Waals surface area contributed by atoms with Crippen molar-refractivity contribution in [1.82, 2.24) is 10.2 Å². The number of nitrogens with zero attached hydrogens (tertiary/aromatic N) is 1. The molecule has 1 aromatic carbocycles. The van der Waals surface area contributed by atoms with Crippen LogP contribution in [-0.2, 0) is 15.0 Å². The highest BCUT2D eigenvalue weighted by molar-refractivity contribution is 9.10. The SMILES string of the molecule is O=C(CNC(=O)C1(c2ccc(Br)cc2)CCC1)N1CCCC1. The Morgan fingerprint density at radius 3 is 2.27 bits per heavy atom. The van der Waals surface area contributed by atoms with Crippen LogP contribution in [0.5, 0.6) is 0 Å². The van der Waals surface area contributed by atoms with Gasteiger partial charge in [0.15, 0.2) is 0 Å². The van der Waals surface area contributed by atoms with E-state index in [1.807, 2.05) is 29.2 Å². The van der Waals surface area contributed by atoms with E-state index in [1.165, 1.54) is 0 Å². The van der Waals surface area contributed by atoms with Gasteiger partial charge in [-0.25, -0.2) is 0 Å². The molecule has 1 saturated carbocycles. The Kier molecular flexibility index (Phi) is 4.52. The predicted molar refractivity (Wildman–Crippen MR) is 88.5 cm³/mol. The molecule has 0 bridgehead atoms. The summed E-state index contributed by atoms with van der Waals surface area (Å²) in [7, 11) is 0. The van der Waals surface area contributed by atoms with Gasteiger partial charge in [0.05, 0.1) is 12.0 Å². The van der Waals surface area contributed by atoms with Gasteiger partial charge in [-0.2, -0.15) is 0 Å². The molecular formula is C17H21BrN2O2. The second-order valence-corrected chi connectivity index (χ2v) is 7.13. The van der Waals surface area contributed by atoms with Crippen molar-refractivity contribution >= 4 is 27.7 Å². The molecule has 3 rings (SSSR count). The van der Waals surface area contributed by atoms with Gasteiger partial charge in [-0.05, 0) is 43.4 Å². The second kappa shape index (κ2) is 6.41. The zero-order valence-electron chi connectivity index (χ0n) is 12.6. The lowest BCUT2D eigenvalue weighted by atomic mass is 9.64. The van der Waals surface area contributed by atoms with Crippen LogP contribution in [0.1, 0.15) is 37.7 Å². The third kappa shape index (κ3) is 2.91. The summed E-state index contributed by atoms with van der Waals surface area (Å²) >= 11 is 3.43. The van der Waals surface area contributed by atoms with E-state index in [4.69, 9.17) is 0 Å². The highest BCUT2D eigenvalue weighted by Gasteiger charge is 2.45. The maximum Gasteiger partial charge on any atom is 0.241 e. The third-order valence-electron chi connectivity index (χ3n) is 4.90. The van der Waals surface area contributed by atoms with Crippen molar-refractivity contribution in [1.29, 1.82) is 0 Å². The lowest BCUT2D eigenvalue weighted by Gasteiger charge is -2.40. The number of nitrogens with one attached hydrogen (secondary N) is 1. The maximum absolute atomic E-state index is 12.7. The smallest absolute Gasteiger partial charge is 0.241 e. The highest BCUT2D eigenvalue weighted by Crippen LogP contribution is 2.44. The van der Waals surface area contributed by atoms with E-state index >= 15 is 0 Å². The van der Waals surface area contributed by atoms with Gasteiger partial charge in [0.25, 0.3) is 0 Å². The van der Waals surface area contributed by atoms with Crippen molar-refractivity contribution in [2.75, 3.05) is 19.6 Å². The summed E-state index contributed by atoms with van der Waals surface area (Å²) in [5.74, 6) is 0.0322. The first-order valence-corrected chi connectivity index (χ1v) is 8.73. The van der Waals surface area contributed by atoms with Crippen LogP contribution in [0.3, 0.4) is 0 Å². The molecule has 0 unspecified atom stereocenters. The number of benzene rings is 1. The van der Waals surface area contributed by atoms with Crippen molar-refractivity contribution in [3.05, 3.63) is 34.3 Å². The fourth-order valence-electron chi connectivity index (χ4n) is 3.35. The summed E-state index contributed by atoms with van der Waals surface area (Å²) in [6, 6.07) is 7.95. The van der Waals surface area contributed by atoms with E-state index in [0.29, 0.717) is 0 Å². The molecule has 0 radical (unpaired) electrons. The molecule has 2 aliphatic rings. The van der Waals surface area contributed by atoms with Gasteiger partial charge >= 0.3 is 0 Å². The van der Waals surface area contributed by atoms with Gasteiger partial charge in [0.1, 0.15) is 0 Å². The van der Waals surface area contributed by atoms with Gasteiger partial charge in [0, 0.05) is 17.6 Å². The molecule has 0 atom stereocenters. The number of carbonyl (C=O) groups excluding carboxylic acids is 2. The van der Waals surface area contributed by atoms with Crippen LogP contribution in [0.2, 0.25) is 0 Å². The van der Waals surface area contributed by atoms with Gasteiger partial charge in [-0.1, -0.05) is 34.5 Å². The topological polar surface area (TPSA) is 49.4 Å². The third-order valence-corrected chi connectivity index (χ3v) is 5.43. The Morgan fingerprint density at radius 2 is 1.73 bits per heavy atom. The van der Waals surface area contributed by atoms with Gasteiger partial charge in [-0.15, -0.1) is 0 Å². The lowest BCUT2D eigenvalue weighted by Crippen LogP contribution is -2.51. The molecule has 118 valence electrons. The van der Waals surface area contributed by atoms with Crippen molar-refractivity contribution in [2.45, 2.75) is 37.5 Å². The molecule has 1 aliphatic carbocycles. The van der Waals surface area contributed by atoms with E-state index in [-0.39, 0.29) is 18.4 Å². The monoisotopic (exact) mass is 364 g/mol. The van der Waals surface area contributed by atoms with E-state index in [9.17, 15) is 9.59 Å². The van der Waals surface area contributed by atoms with Crippen molar-refractivity contribution < 1.29 is 9.59 Å². The van der Waals surface area contributed by atoms with Crippen molar-refractivity contribution in [3.8, 4) is 0 Å². The van der Waals surface area contributed by atoms with Crippen LogP contribution in [0.4, 0.5) is 0 Å². The van der Waals surface area contributed by atoms with Crippen molar-refractivity contribution in [3.63, 3.8) is 0 Å². The summed E-state index contributed by atoms with van der Waals surface area (Å²) < 4.78 is 1.01. The molecule has 0 aromatic heterocycles. The molecule has 1 saturated heterocycles. The Hall–Kier alpha value is -1.36. The minimum absolute atomic E-state index is 0.00591. The Morgan fingerprint density at radius 1 is 1.09 bits per heavy atom. The van der Waals surface area contributed by atoms with Crippen LogP contribution < -0.4 is 5.32 Å². The zero-order chi connectivity index (χ0) is 15.6. The van der Waals surface area contributed by atoms with Crippen LogP contribution in [0.15, 0.2) is 28.7 Å². The normalized spacial score (nSPS) is 19.6. The lowest BCUT2D eigenvalue weighted by molar-refractivity contribution is -0.135. The molecule has 1 aromatic rings. The van der Waals surface area contributed by atoms with Gasteiger partial charge in [0.2, 0.25) is 11.8 Å². The maximum atomic E-state index is 12.7. The minimum Gasteiger partial charge on any atom is -0.346 e. The highest BCUT2D eigenvalue weighted by atomic mass is 79.9. The number of rotatable bonds is 4. The molecule has 5 heteroatoms. The summed E-state index contributed by atoms with van der Waals surface area (Å²) in [6.07, 6.45) is 4.92. The Bertz CT molecular complexity index is 561. The van der Waals surface area contributed by atoms with E-state index in [0.717, 1.165) is 55.2 Å². The first-order valence-electron chi connectivity index (χ1n) is 7.94. The van der Waals surface area contributed by atoms with Crippen molar-refractivity contribution in [2.24, 2.45) is 0 Å². The summed E-state index contributed by atoms with van der Waals surface area (Å²) in [6.45, 7) is 1.77. The van der Waals surface area contributed by atoms with Crippen LogP contribution in [0.25, 0.3) is 0 Å². The van der Waals surface area contributed by atoms with E-state index in [2.05, 4.69) is 21.2 Å². The molecule has 22 heavy (non-hydrogen) atoms. The number of halogens is 1. The molecule has 2 amide bonds. The van der Waals surface area contributed by atoms with Crippen LogP contribution in [-0.4, -0.2) is 36.3 Å². The standard InChI is InChI=1S/C17H21BrN2O2/c18-14-6-4-13(5-7-14)17(8-3-9-17)16(22)19-12-15(21)20-10-1-2-11-20/h4-7H,1-3,8-12H2,(H,19,22).